The maximum Gasteiger partial charge on any atom is 0.0546 e. The molecule has 0 radical (unpaired) electrons. The fourth-order valence-corrected chi connectivity index (χ4v) is 6.18. The van der Waals surface area contributed by atoms with Crippen molar-refractivity contribution in [2.24, 2.45) is 0 Å². The van der Waals surface area contributed by atoms with Crippen LogP contribution in [0.5, 0.6) is 0 Å². The van der Waals surface area contributed by atoms with Crippen LogP contribution in [0.2, 0.25) is 0 Å². The van der Waals surface area contributed by atoms with Crippen molar-refractivity contribution in [2.75, 3.05) is 0 Å². The molecule has 1 heterocycles. The normalized spacial score (nSPS) is 11.8. The molecule has 37 heavy (non-hydrogen) atoms. The number of para-hydroxylation sites is 2. The summed E-state index contributed by atoms with van der Waals surface area (Å²) in [5.41, 5.74) is 6.20. The summed E-state index contributed by atoms with van der Waals surface area (Å²) < 4.78 is 2.45. The zero-order chi connectivity index (χ0) is 24.3. The standard InChI is InChI=1S/C36H23N/c1-2-12-24(13-3-1)32-22-25-23-35(37-33-20-10-8-15-27(33)28-16-9-11-21-34(28)37)29-17-5-7-19-31(29)36(25)30-18-6-4-14-26(30)32/h1-23H. The molecule has 172 valence electrons. The van der Waals surface area contributed by atoms with Gasteiger partial charge in [0.25, 0.3) is 0 Å². The summed E-state index contributed by atoms with van der Waals surface area (Å²) in [5.74, 6) is 0. The molecular formula is C36H23N. The van der Waals surface area contributed by atoms with E-state index in [-0.39, 0.29) is 0 Å². The summed E-state index contributed by atoms with van der Waals surface area (Å²) in [7, 11) is 0. The Hall–Kier alpha value is -4.88. The highest BCUT2D eigenvalue weighted by Gasteiger charge is 2.17. The van der Waals surface area contributed by atoms with Gasteiger partial charge in [-0.3, -0.25) is 0 Å². The van der Waals surface area contributed by atoms with E-state index in [0.29, 0.717) is 0 Å². The van der Waals surface area contributed by atoms with Crippen LogP contribution in [-0.2, 0) is 0 Å². The highest BCUT2D eigenvalue weighted by atomic mass is 15.0. The van der Waals surface area contributed by atoms with Crippen LogP contribution in [0.25, 0.3) is 70.9 Å². The van der Waals surface area contributed by atoms with Crippen LogP contribution in [0, 0.1) is 0 Å². The first-order valence-corrected chi connectivity index (χ1v) is 12.8. The molecule has 1 heteroatoms. The Morgan fingerprint density at radius 2 is 0.865 bits per heavy atom. The fraction of sp³-hybridized carbons (Fsp3) is 0. The lowest BCUT2D eigenvalue weighted by Gasteiger charge is -2.17. The average Bonchev–Trinajstić information content (AvgIpc) is 3.31. The van der Waals surface area contributed by atoms with Crippen LogP contribution in [0.3, 0.4) is 0 Å². The summed E-state index contributed by atoms with van der Waals surface area (Å²) >= 11 is 0. The van der Waals surface area contributed by atoms with Gasteiger partial charge in [-0.05, 0) is 62.3 Å². The van der Waals surface area contributed by atoms with E-state index in [2.05, 4.69) is 144 Å². The highest BCUT2D eigenvalue weighted by molar-refractivity contribution is 6.25. The summed E-state index contributed by atoms with van der Waals surface area (Å²) in [5, 5.41) is 10.3. The predicted octanol–water partition coefficient (Wildman–Crippen LogP) is 9.91. The maximum absolute atomic E-state index is 2.45. The van der Waals surface area contributed by atoms with Gasteiger partial charge in [-0.1, -0.05) is 115 Å². The molecule has 0 unspecified atom stereocenters. The third-order valence-corrected chi connectivity index (χ3v) is 7.75. The van der Waals surface area contributed by atoms with Gasteiger partial charge >= 0.3 is 0 Å². The Labute approximate surface area is 214 Å². The number of hydrogen-bond acceptors (Lipinski definition) is 0. The summed E-state index contributed by atoms with van der Waals surface area (Å²) in [6.45, 7) is 0. The number of aromatic nitrogens is 1. The van der Waals surface area contributed by atoms with Crippen molar-refractivity contribution in [1.29, 1.82) is 0 Å². The Morgan fingerprint density at radius 1 is 0.378 bits per heavy atom. The van der Waals surface area contributed by atoms with E-state index >= 15 is 0 Å². The van der Waals surface area contributed by atoms with E-state index in [1.54, 1.807) is 0 Å². The van der Waals surface area contributed by atoms with Gasteiger partial charge in [0, 0.05) is 16.2 Å². The number of nitrogens with zero attached hydrogens (tertiary/aromatic N) is 1. The Kier molecular flexibility index (Phi) is 4.29. The van der Waals surface area contributed by atoms with Crippen molar-refractivity contribution in [3.05, 3.63) is 140 Å². The van der Waals surface area contributed by atoms with Crippen LogP contribution in [0.15, 0.2) is 140 Å². The second-order valence-electron chi connectivity index (χ2n) is 9.74. The largest absolute Gasteiger partial charge is 0.309 e. The Bertz CT molecular complexity index is 2080. The molecule has 0 fully saturated rings. The van der Waals surface area contributed by atoms with Crippen molar-refractivity contribution in [2.45, 2.75) is 0 Å². The lowest BCUT2D eigenvalue weighted by atomic mass is 9.90. The molecule has 0 spiro atoms. The van der Waals surface area contributed by atoms with Crippen molar-refractivity contribution in [1.82, 2.24) is 4.57 Å². The third-order valence-electron chi connectivity index (χ3n) is 7.75. The molecule has 0 atom stereocenters. The fourth-order valence-electron chi connectivity index (χ4n) is 6.18. The first kappa shape index (κ1) is 20.3. The molecule has 7 aromatic carbocycles. The smallest absolute Gasteiger partial charge is 0.0546 e. The quantitative estimate of drug-likeness (QED) is 0.222. The topological polar surface area (TPSA) is 4.93 Å². The van der Waals surface area contributed by atoms with Crippen LogP contribution in [-0.4, -0.2) is 4.57 Å². The van der Waals surface area contributed by atoms with Crippen molar-refractivity contribution < 1.29 is 0 Å². The first-order valence-electron chi connectivity index (χ1n) is 12.8. The summed E-state index contributed by atoms with van der Waals surface area (Å²) in [6, 6.07) is 50.8. The van der Waals surface area contributed by atoms with Crippen molar-refractivity contribution in [3.8, 4) is 16.8 Å². The second-order valence-corrected chi connectivity index (χ2v) is 9.74. The third kappa shape index (κ3) is 2.92. The van der Waals surface area contributed by atoms with Crippen LogP contribution in [0.1, 0.15) is 0 Å². The van der Waals surface area contributed by atoms with Gasteiger partial charge in [0.1, 0.15) is 0 Å². The predicted molar refractivity (Wildman–Crippen MR) is 159 cm³/mol. The molecule has 0 aliphatic carbocycles. The van der Waals surface area contributed by atoms with Gasteiger partial charge in [-0.25, -0.2) is 0 Å². The van der Waals surface area contributed by atoms with Gasteiger partial charge in [0.05, 0.1) is 16.7 Å². The zero-order valence-electron chi connectivity index (χ0n) is 20.2. The van der Waals surface area contributed by atoms with Gasteiger partial charge in [0.2, 0.25) is 0 Å². The zero-order valence-corrected chi connectivity index (χ0v) is 20.2. The Morgan fingerprint density at radius 3 is 1.51 bits per heavy atom. The monoisotopic (exact) mass is 469 g/mol. The van der Waals surface area contributed by atoms with Crippen LogP contribution >= 0.6 is 0 Å². The van der Waals surface area contributed by atoms with Gasteiger partial charge in [-0.15, -0.1) is 0 Å². The average molecular weight is 470 g/mol. The molecule has 0 saturated carbocycles. The number of benzene rings is 7. The van der Waals surface area contributed by atoms with E-state index in [0.717, 1.165) is 0 Å². The second kappa shape index (κ2) is 7.81. The van der Waals surface area contributed by atoms with Crippen molar-refractivity contribution >= 4 is 54.1 Å². The lowest BCUT2D eigenvalue weighted by Crippen LogP contribution is -1.97. The number of rotatable bonds is 2. The van der Waals surface area contributed by atoms with Gasteiger partial charge < -0.3 is 4.57 Å². The minimum atomic E-state index is 1.22. The molecule has 8 aromatic rings. The molecule has 0 bridgehead atoms. The molecule has 0 saturated heterocycles. The molecule has 1 aromatic heterocycles. The molecule has 0 aliphatic heterocycles. The molecule has 0 N–H and O–H groups in total. The van der Waals surface area contributed by atoms with E-state index in [4.69, 9.17) is 0 Å². The molecule has 0 amide bonds. The van der Waals surface area contributed by atoms with Crippen molar-refractivity contribution in [3.63, 3.8) is 0 Å². The van der Waals surface area contributed by atoms with Crippen LogP contribution < -0.4 is 0 Å². The maximum atomic E-state index is 2.45. The summed E-state index contributed by atoms with van der Waals surface area (Å²) in [6.07, 6.45) is 0. The number of fused-ring (bicyclic) bond motifs is 8. The Balaban J connectivity index is 1.59. The van der Waals surface area contributed by atoms with E-state index in [9.17, 15) is 0 Å². The molecule has 0 aliphatic rings. The van der Waals surface area contributed by atoms with E-state index in [1.807, 2.05) is 0 Å². The summed E-state index contributed by atoms with van der Waals surface area (Å²) in [4.78, 5) is 0. The number of hydrogen-bond donors (Lipinski definition) is 0. The van der Waals surface area contributed by atoms with E-state index in [1.165, 1.54) is 70.9 Å². The van der Waals surface area contributed by atoms with Crippen LogP contribution in [0.4, 0.5) is 0 Å². The molecule has 1 nitrogen and oxygen atoms in total. The molecule has 8 rings (SSSR count). The van der Waals surface area contributed by atoms with Gasteiger partial charge in [-0.2, -0.15) is 0 Å². The first-order chi connectivity index (χ1) is 18.4. The SMILES string of the molecule is c1ccc(-c2cc3cc(-n4c5ccccc5c5ccccc54)c4ccccc4c3c3ccccc23)cc1. The van der Waals surface area contributed by atoms with Gasteiger partial charge in [0.15, 0.2) is 0 Å². The highest BCUT2D eigenvalue weighted by Crippen LogP contribution is 2.42. The minimum Gasteiger partial charge on any atom is -0.309 e. The van der Waals surface area contributed by atoms with E-state index < -0.39 is 0 Å². The molecular weight excluding hydrogens is 446 g/mol. The minimum absolute atomic E-state index is 1.22. The lowest BCUT2D eigenvalue weighted by molar-refractivity contribution is 1.20.